The normalized spacial score (nSPS) is 22.0. The van der Waals surface area contributed by atoms with Crippen LogP contribution >= 0.6 is 0 Å². The number of ether oxygens (including phenoxy) is 1. The number of nitrogens with zero attached hydrogens (tertiary/aromatic N) is 3. The van der Waals surface area contributed by atoms with Crippen molar-refractivity contribution in [2.24, 2.45) is 4.99 Å². The number of hydrogen-bond acceptors (Lipinski definition) is 4. The Labute approximate surface area is 159 Å². The van der Waals surface area contributed by atoms with Crippen molar-refractivity contribution in [3.05, 3.63) is 60.3 Å². The van der Waals surface area contributed by atoms with Gasteiger partial charge in [-0.3, -0.25) is 4.98 Å². The molecule has 0 saturated carbocycles. The summed E-state index contributed by atoms with van der Waals surface area (Å²) in [5.74, 6) is 0.801. The number of para-hydroxylation sites is 1. The van der Waals surface area contributed by atoms with E-state index < -0.39 is 5.72 Å². The van der Waals surface area contributed by atoms with Crippen LogP contribution in [0.4, 0.5) is 11.4 Å². The third-order valence-corrected chi connectivity index (χ3v) is 6.52. The smallest absolute Gasteiger partial charge is 0.229 e. The van der Waals surface area contributed by atoms with E-state index in [0.29, 0.717) is 0 Å². The summed E-state index contributed by atoms with van der Waals surface area (Å²) in [4.78, 5) is 11.7. The van der Waals surface area contributed by atoms with Crippen molar-refractivity contribution in [1.29, 1.82) is 0 Å². The highest BCUT2D eigenvalue weighted by Crippen LogP contribution is 2.57. The number of aromatic nitrogens is 1. The maximum atomic E-state index is 6.82. The maximum absolute atomic E-state index is 6.82. The molecule has 0 bridgehead atoms. The molecule has 4 nitrogen and oxygen atoms in total. The van der Waals surface area contributed by atoms with Gasteiger partial charge in [-0.2, -0.15) is 0 Å². The molecule has 0 aliphatic carbocycles. The third-order valence-electron chi connectivity index (χ3n) is 6.52. The van der Waals surface area contributed by atoms with E-state index in [1.807, 2.05) is 24.5 Å². The molecular weight excluding hydrogens is 334 g/mol. The third kappa shape index (κ3) is 1.88. The molecule has 27 heavy (non-hydrogen) atoms. The number of aliphatic imine (C=N–C) groups is 1. The van der Waals surface area contributed by atoms with Gasteiger partial charge in [-0.05, 0) is 42.7 Å². The van der Waals surface area contributed by atoms with Crippen LogP contribution in [-0.2, 0) is 5.41 Å². The van der Waals surface area contributed by atoms with Gasteiger partial charge in [-0.15, -0.1) is 0 Å². The Hall–Kier alpha value is -2.88. The molecule has 0 radical (unpaired) electrons. The van der Waals surface area contributed by atoms with E-state index in [9.17, 15) is 0 Å². The molecule has 0 amide bonds. The monoisotopic (exact) mass is 357 g/mol. The van der Waals surface area contributed by atoms with Crippen LogP contribution in [0, 0.1) is 0 Å². The van der Waals surface area contributed by atoms with Crippen LogP contribution in [0.2, 0.25) is 0 Å². The second-order valence-electron chi connectivity index (χ2n) is 7.41. The number of pyridine rings is 1. The lowest BCUT2D eigenvalue weighted by molar-refractivity contribution is 0.0578. The topological polar surface area (TPSA) is 37.7 Å². The predicted octanol–water partition coefficient (Wildman–Crippen LogP) is 5.23. The average molecular weight is 357 g/mol. The molecule has 2 aliphatic rings. The highest BCUT2D eigenvalue weighted by atomic mass is 16.5. The van der Waals surface area contributed by atoms with Crippen LogP contribution in [0.3, 0.4) is 0 Å². The Morgan fingerprint density at radius 1 is 1.00 bits per heavy atom. The molecule has 0 N–H and O–H groups in total. The SMILES string of the molecule is CCC1(CC)c2ccccc2N(C)C12C=Nc1c(ccc3cccnc13)O2. The van der Waals surface area contributed by atoms with Crippen molar-refractivity contribution < 1.29 is 4.74 Å². The zero-order valence-electron chi connectivity index (χ0n) is 15.9. The Kier molecular flexibility index (Phi) is 3.36. The van der Waals surface area contributed by atoms with Crippen molar-refractivity contribution in [3.63, 3.8) is 0 Å². The fourth-order valence-corrected chi connectivity index (χ4v) is 5.04. The summed E-state index contributed by atoms with van der Waals surface area (Å²) in [6, 6.07) is 16.7. The Morgan fingerprint density at radius 2 is 1.81 bits per heavy atom. The molecular formula is C23H23N3O. The van der Waals surface area contributed by atoms with Crippen molar-refractivity contribution in [1.82, 2.24) is 4.98 Å². The maximum Gasteiger partial charge on any atom is 0.229 e. The van der Waals surface area contributed by atoms with Crippen LogP contribution in [0.15, 0.2) is 59.7 Å². The second-order valence-corrected chi connectivity index (χ2v) is 7.41. The van der Waals surface area contributed by atoms with Gasteiger partial charge in [0.15, 0.2) is 5.75 Å². The van der Waals surface area contributed by atoms with Crippen LogP contribution in [0.25, 0.3) is 10.9 Å². The molecule has 136 valence electrons. The quantitative estimate of drug-likeness (QED) is 0.630. The highest BCUT2D eigenvalue weighted by Gasteiger charge is 2.61. The number of anilines is 1. The zero-order chi connectivity index (χ0) is 18.6. The molecule has 3 aromatic rings. The zero-order valence-corrected chi connectivity index (χ0v) is 15.9. The van der Waals surface area contributed by atoms with E-state index in [0.717, 1.165) is 35.2 Å². The molecule has 1 atom stereocenters. The van der Waals surface area contributed by atoms with Gasteiger partial charge in [-0.25, -0.2) is 4.99 Å². The van der Waals surface area contributed by atoms with E-state index >= 15 is 0 Å². The molecule has 3 heterocycles. The second kappa shape index (κ2) is 5.56. The summed E-state index contributed by atoms with van der Waals surface area (Å²) >= 11 is 0. The molecule has 5 rings (SSSR count). The number of likely N-dealkylation sites (N-methyl/N-ethyl adjacent to an activating group) is 1. The fourth-order valence-electron chi connectivity index (χ4n) is 5.04. The molecule has 0 saturated heterocycles. The molecule has 1 aromatic heterocycles. The Balaban J connectivity index is 1.75. The summed E-state index contributed by atoms with van der Waals surface area (Å²) in [7, 11) is 2.11. The van der Waals surface area contributed by atoms with Gasteiger partial charge >= 0.3 is 0 Å². The van der Waals surface area contributed by atoms with Gasteiger partial charge in [0.05, 0.1) is 17.1 Å². The van der Waals surface area contributed by atoms with Gasteiger partial charge in [0, 0.05) is 24.3 Å². The minimum atomic E-state index is -0.629. The average Bonchev–Trinajstić information content (AvgIpc) is 2.93. The van der Waals surface area contributed by atoms with Crippen molar-refractivity contribution in [2.45, 2.75) is 37.8 Å². The van der Waals surface area contributed by atoms with Gasteiger partial charge in [0.25, 0.3) is 0 Å². The first-order valence-electron chi connectivity index (χ1n) is 9.62. The van der Waals surface area contributed by atoms with E-state index in [4.69, 9.17) is 9.73 Å². The summed E-state index contributed by atoms with van der Waals surface area (Å²) in [5, 5.41) is 1.08. The lowest BCUT2D eigenvalue weighted by Gasteiger charge is -2.47. The number of hydrogen-bond donors (Lipinski definition) is 0. The van der Waals surface area contributed by atoms with E-state index in [1.165, 1.54) is 11.3 Å². The molecule has 2 aliphatic heterocycles. The van der Waals surface area contributed by atoms with Crippen molar-refractivity contribution in [2.75, 3.05) is 11.9 Å². The standard InChI is InChI=1S/C23H23N3O/c1-4-22(5-2)17-10-6-7-11-18(17)26(3)23(22)15-25-21-19(27-23)13-12-16-9-8-14-24-20(16)21/h6-15H,4-5H2,1-3H3. The summed E-state index contributed by atoms with van der Waals surface area (Å²) in [6.07, 6.45) is 5.76. The number of benzene rings is 2. The largest absolute Gasteiger partial charge is 0.459 e. The number of rotatable bonds is 2. The van der Waals surface area contributed by atoms with Gasteiger partial charge in [0.1, 0.15) is 5.69 Å². The van der Waals surface area contributed by atoms with Crippen LogP contribution in [0.5, 0.6) is 5.75 Å². The lowest BCUT2D eigenvalue weighted by Crippen LogP contribution is -2.62. The molecule has 2 aromatic carbocycles. The molecule has 4 heteroatoms. The van der Waals surface area contributed by atoms with Gasteiger partial charge < -0.3 is 9.64 Å². The highest BCUT2D eigenvalue weighted by molar-refractivity contribution is 5.97. The van der Waals surface area contributed by atoms with Gasteiger partial charge in [-0.1, -0.05) is 38.1 Å². The fraction of sp³-hybridized carbons (Fsp3) is 0.304. The molecule has 1 unspecified atom stereocenters. The first-order chi connectivity index (χ1) is 13.2. The van der Waals surface area contributed by atoms with Crippen LogP contribution in [-0.4, -0.2) is 24.0 Å². The minimum Gasteiger partial charge on any atom is -0.459 e. The summed E-state index contributed by atoms with van der Waals surface area (Å²) < 4.78 is 6.82. The first kappa shape index (κ1) is 16.3. The van der Waals surface area contributed by atoms with Crippen LogP contribution < -0.4 is 9.64 Å². The van der Waals surface area contributed by atoms with Crippen molar-refractivity contribution >= 4 is 28.5 Å². The Bertz CT molecular complexity index is 1070. The molecule has 0 fully saturated rings. The predicted molar refractivity (Wildman–Crippen MR) is 110 cm³/mol. The summed E-state index contributed by atoms with van der Waals surface area (Å²) in [6.45, 7) is 4.49. The minimum absolute atomic E-state index is 0.154. The van der Waals surface area contributed by atoms with Gasteiger partial charge in [0.2, 0.25) is 5.72 Å². The van der Waals surface area contributed by atoms with E-state index in [-0.39, 0.29) is 5.41 Å². The van der Waals surface area contributed by atoms with E-state index in [2.05, 4.69) is 67.2 Å². The summed E-state index contributed by atoms with van der Waals surface area (Å²) in [5.41, 5.74) is 3.48. The van der Waals surface area contributed by atoms with Crippen LogP contribution in [0.1, 0.15) is 32.3 Å². The lowest BCUT2D eigenvalue weighted by atomic mass is 9.70. The number of fused-ring (bicyclic) bond motifs is 4. The Morgan fingerprint density at radius 3 is 2.63 bits per heavy atom. The first-order valence-corrected chi connectivity index (χ1v) is 9.62. The van der Waals surface area contributed by atoms with E-state index in [1.54, 1.807) is 0 Å². The van der Waals surface area contributed by atoms with Crippen molar-refractivity contribution in [3.8, 4) is 5.75 Å². The molecule has 1 spiro atoms.